The van der Waals surface area contributed by atoms with E-state index < -0.39 is 0 Å². The van der Waals surface area contributed by atoms with Crippen LogP contribution in [-0.4, -0.2) is 22.4 Å². The molecule has 4 rings (SSSR count). The van der Waals surface area contributed by atoms with E-state index >= 15 is 0 Å². The highest BCUT2D eigenvalue weighted by molar-refractivity contribution is 6.67. The number of phenols is 1. The predicted molar refractivity (Wildman–Crippen MR) is 95.0 cm³/mol. The first-order chi connectivity index (χ1) is 11.6. The van der Waals surface area contributed by atoms with Gasteiger partial charge < -0.3 is 9.84 Å². The Morgan fingerprint density at radius 2 is 2.12 bits per heavy atom. The maximum absolute atomic E-state index is 9.71. The zero-order valence-electron chi connectivity index (χ0n) is 13.1. The van der Waals surface area contributed by atoms with Crippen LogP contribution < -0.4 is 0 Å². The van der Waals surface area contributed by atoms with Crippen molar-refractivity contribution in [1.29, 1.82) is 5.26 Å². The van der Waals surface area contributed by atoms with Gasteiger partial charge in [0.1, 0.15) is 11.4 Å². The summed E-state index contributed by atoms with van der Waals surface area (Å²) in [5.41, 5.74) is 2.45. The van der Waals surface area contributed by atoms with Crippen molar-refractivity contribution in [3.05, 3.63) is 41.2 Å². The van der Waals surface area contributed by atoms with E-state index in [0.29, 0.717) is 5.02 Å². The molecule has 0 radical (unpaired) electrons. The summed E-state index contributed by atoms with van der Waals surface area (Å²) < 4.78 is 6.02. The molecule has 0 unspecified atom stereocenters. The minimum Gasteiger partial charge on any atom is -0.508 e. The Hall–Kier alpha value is -2.19. The number of ether oxygens (including phenoxy) is 1. The second kappa shape index (κ2) is 5.72. The van der Waals surface area contributed by atoms with E-state index in [1.165, 1.54) is 0 Å². The fourth-order valence-electron chi connectivity index (χ4n) is 3.73. The zero-order chi connectivity index (χ0) is 16.7. The van der Waals surface area contributed by atoms with E-state index in [9.17, 15) is 5.11 Å². The highest BCUT2D eigenvalue weighted by atomic mass is 35.5. The quantitative estimate of drug-likeness (QED) is 0.780. The lowest BCUT2D eigenvalue weighted by atomic mass is 9.41. The van der Waals surface area contributed by atoms with Crippen LogP contribution in [-0.2, 0) is 4.74 Å². The van der Waals surface area contributed by atoms with Gasteiger partial charge in [0.05, 0.1) is 16.8 Å². The van der Waals surface area contributed by atoms with Gasteiger partial charge in [0.25, 0.3) is 6.71 Å². The lowest BCUT2D eigenvalue weighted by Gasteiger charge is -2.33. The summed E-state index contributed by atoms with van der Waals surface area (Å²) in [4.78, 5) is 4.45. The number of aromatic nitrogens is 1. The van der Waals surface area contributed by atoms with Crippen LogP contribution in [0.4, 0.5) is 0 Å². The molecule has 0 bridgehead atoms. The van der Waals surface area contributed by atoms with Crippen LogP contribution in [0.3, 0.4) is 0 Å². The van der Waals surface area contributed by atoms with Crippen LogP contribution in [0.2, 0.25) is 17.7 Å². The van der Waals surface area contributed by atoms with Crippen LogP contribution in [0, 0.1) is 11.2 Å². The number of hydrogen-bond acceptors (Lipinski definition) is 4. The number of phenolic OH excluding ortho intramolecular Hbond substituents is 1. The molecule has 0 amide bonds. The third-order valence-corrected chi connectivity index (χ3v) is 5.58. The average molecular weight is 339 g/mol. The number of halogens is 1. The highest BCUT2D eigenvalue weighted by Crippen LogP contribution is 2.46. The van der Waals surface area contributed by atoms with Crippen LogP contribution in [0.1, 0.15) is 24.8 Å². The van der Waals surface area contributed by atoms with E-state index in [-0.39, 0.29) is 18.1 Å². The maximum atomic E-state index is 9.71. The molecular weight excluding hydrogens is 322 g/mol. The summed E-state index contributed by atoms with van der Waals surface area (Å²) in [6.07, 6.45) is 7.91. The molecule has 2 aromatic rings. The molecular formula is C18H16BClN2O2. The minimum absolute atomic E-state index is 0.150. The number of pyridine rings is 1. The van der Waals surface area contributed by atoms with Crippen LogP contribution in [0.15, 0.2) is 30.7 Å². The molecule has 1 aromatic carbocycles. The van der Waals surface area contributed by atoms with Gasteiger partial charge in [0.15, 0.2) is 0 Å². The number of nitrogens with zero attached hydrogens (tertiary/aromatic N) is 2. The Balaban J connectivity index is 1.63. The van der Waals surface area contributed by atoms with Crippen molar-refractivity contribution in [2.45, 2.75) is 37.5 Å². The molecule has 0 saturated carbocycles. The molecule has 1 saturated heterocycles. The Kier molecular flexibility index (Phi) is 3.66. The lowest BCUT2D eigenvalue weighted by molar-refractivity contribution is 0.0331. The molecule has 1 N–H and O–H groups in total. The lowest BCUT2D eigenvalue weighted by Crippen LogP contribution is -2.35. The molecule has 2 aliphatic rings. The summed E-state index contributed by atoms with van der Waals surface area (Å²) in [7, 11) is 0. The van der Waals surface area contributed by atoms with Crippen molar-refractivity contribution in [1.82, 2.24) is 4.98 Å². The van der Waals surface area contributed by atoms with Gasteiger partial charge in [-0.3, -0.25) is 4.98 Å². The van der Waals surface area contributed by atoms with E-state index in [1.807, 2.05) is 0 Å². The molecule has 24 heavy (non-hydrogen) atoms. The normalized spacial score (nSPS) is 19.2. The van der Waals surface area contributed by atoms with E-state index in [0.717, 1.165) is 53.9 Å². The first-order valence-electron chi connectivity index (χ1n) is 8.14. The smallest absolute Gasteiger partial charge is 0.268 e. The van der Waals surface area contributed by atoms with Gasteiger partial charge in [-0.15, -0.1) is 0 Å². The van der Waals surface area contributed by atoms with Crippen LogP contribution >= 0.6 is 11.6 Å². The third-order valence-electron chi connectivity index (χ3n) is 5.17. The number of benzene rings is 1. The van der Waals surface area contributed by atoms with Crippen LogP contribution in [0.5, 0.6) is 5.75 Å². The Morgan fingerprint density at radius 1 is 1.33 bits per heavy atom. The Labute approximate surface area is 145 Å². The highest BCUT2D eigenvalue weighted by Gasteiger charge is 2.42. The summed E-state index contributed by atoms with van der Waals surface area (Å²) in [5.74, 6) is 2.53. The van der Waals surface area contributed by atoms with Gasteiger partial charge in [-0.2, -0.15) is 0 Å². The Morgan fingerprint density at radius 3 is 2.88 bits per heavy atom. The van der Waals surface area contributed by atoms with E-state index in [1.54, 1.807) is 30.7 Å². The third kappa shape index (κ3) is 2.51. The first kappa shape index (κ1) is 15.3. The number of fused-ring (bicyclic) bond motifs is 1. The van der Waals surface area contributed by atoms with Gasteiger partial charge in [-0.25, -0.2) is 5.26 Å². The molecule has 3 heterocycles. The van der Waals surface area contributed by atoms with Gasteiger partial charge >= 0.3 is 0 Å². The molecule has 4 nitrogen and oxygen atoms in total. The van der Waals surface area contributed by atoms with Crippen molar-refractivity contribution in [3.63, 3.8) is 0 Å². The van der Waals surface area contributed by atoms with Crippen molar-refractivity contribution < 1.29 is 9.84 Å². The van der Waals surface area contributed by atoms with Crippen molar-refractivity contribution in [3.8, 4) is 11.7 Å². The summed E-state index contributed by atoms with van der Waals surface area (Å²) >= 11 is 6.58. The molecule has 6 heteroatoms. The largest absolute Gasteiger partial charge is 0.508 e. The second-order valence-electron chi connectivity index (χ2n) is 6.71. The molecule has 2 aliphatic heterocycles. The van der Waals surface area contributed by atoms with Crippen molar-refractivity contribution in [2.24, 2.45) is 0 Å². The van der Waals surface area contributed by atoms with Gasteiger partial charge in [0, 0.05) is 35.1 Å². The van der Waals surface area contributed by atoms with Gasteiger partial charge in [-0.1, -0.05) is 24.2 Å². The second-order valence-corrected chi connectivity index (χ2v) is 7.09. The van der Waals surface area contributed by atoms with E-state index in [4.69, 9.17) is 21.6 Å². The standard InChI is InChI=1S/C18H16BClN2O2/c20-17-14-7-13(23)1-2-16(14)22-9-15(17)12-8-18(24-10-12)3-5-19(11-21)6-4-18/h1-2,7,9-10,23H,3-6,8H2. The summed E-state index contributed by atoms with van der Waals surface area (Å²) in [6.45, 7) is 0.150. The molecule has 0 aliphatic carbocycles. The predicted octanol–water partition coefficient (Wildman–Crippen LogP) is 4.45. The van der Waals surface area contributed by atoms with Gasteiger partial charge in [-0.05, 0) is 31.0 Å². The topological polar surface area (TPSA) is 66.1 Å². The number of aromatic hydroxyl groups is 1. The minimum atomic E-state index is -0.195. The van der Waals surface area contributed by atoms with E-state index in [2.05, 4.69) is 11.0 Å². The average Bonchev–Trinajstić information content (AvgIpc) is 3.00. The summed E-state index contributed by atoms with van der Waals surface area (Å²) in [6, 6.07) is 4.99. The fourth-order valence-corrected chi connectivity index (χ4v) is 4.05. The first-order valence-corrected chi connectivity index (χ1v) is 8.52. The molecule has 1 aromatic heterocycles. The monoisotopic (exact) mass is 338 g/mol. The van der Waals surface area contributed by atoms with Crippen molar-refractivity contribution >= 4 is 34.8 Å². The van der Waals surface area contributed by atoms with Gasteiger partial charge in [0.2, 0.25) is 0 Å². The fraction of sp³-hybridized carbons (Fsp3) is 0.333. The number of hydrogen-bond donors (Lipinski definition) is 1. The zero-order valence-corrected chi connectivity index (χ0v) is 13.9. The molecule has 1 spiro atoms. The Bertz CT molecular complexity index is 882. The van der Waals surface area contributed by atoms with Crippen molar-refractivity contribution in [2.75, 3.05) is 0 Å². The SMILES string of the molecule is N#CB1CCC2(CC1)CC(c1cnc3ccc(O)cc3c1Cl)=CO2. The number of rotatable bonds is 1. The molecule has 120 valence electrons. The van der Waals surface area contributed by atoms with Crippen LogP contribution in [0.25, 0.3) is 16.5 Å². The summed E-state index contributed by atoms with van der Waals surface area (Å²) in [5, 5.41) is 20.1. The maximum Gasteiger partial charge on any atom is 0.268 e. The number of nitriles is 1. The molecule has 0 atom stereocenters. The molecule has 1 fully saturated rings.